The Morgan fingerprint density at radius 1 is 1.42 bits per heavy atom. The van der Waals surface area contributed by atoms with Crippen LogP contribution >= 0.6 is 0 Å². The van der Waals surface area contributed by atoms with Gasteiger partial charge in [-0.05, 0) is 26.8 Å². The van der Waals surface area contributed by atoms with Crippen molar-refractivity contribution in [1.29, 1.82) is 0 Å². The van der Waals surface area contributed by atoms with E-state index >= 15 is 0 Å². The first-order valence-electron chi connectivity index (χ1n) is 6.29. The van der Waals surface area contributed by atoms with Gasteiger partial charge in [0.2, 0.25) is 5.82 Å². The molecule has 0 aliphatic heterocycles. The molecule has 106 valence electrons. The lowest BCUT2D eigenvalue weighted by Gasteiger charge is -2.10. The molecule has 19 heavy (non-hydrogen) atoms. The van der Waals surface area contributed by atoms with Crippen molar-refractivity contribution in [2.75, 3.05) is 30.3 Å². The number of nitro groups is 1. The molecule has 0 aliphatic rings. The van der Waals surface area contributed by atoms with Crippen LogP contribution < -0.4 is 10.6 Å². The van der Waals surface area contributed by atoms with Gasteiger partial charge in [-0.1, -0.05) is 0 Å². The highest BCUT2D eigenvalue weighted by Crippen LogP contribution is 2.23. The summed E-state index contributed by atoms with van der Waals surface area (Å²) >= 11 is 0. The SMILES string of the molecule is CCNc1ccc([N+](=O)[O-])c(NCCOC(C)C)n1. The molecule has 0 aromatic carbocycles. The summed E-state index contributed by atoms with van der Waals surface area (Å²) in [4.78, 5) is 14.6. The molecule has 1 heterocycles. The largest absolute Gasteiger partial charge is 0.377 e. The van der Waals surface area contributed by atoms with Crippen molar-refractivity contribution in [1.82, 2.24) is 4.98 Å². The normalized spacial score (nSPS) is 10.5. The molecule has 0 bridgehead atoms. The zero-order valence-corrected chi connectivity index (χ0v) is 11.5. The number of pyridine rings is 1. The summed E-state index contributed by atoms with van der Waals surface area (Å²) in [6, 6.07) is 3.04. The highest BCUT2D eigenvalue weighted by atomic mass is 16.6. The number of hydrogen-bond acceptors (Lipinski definition) is 6. The molecule has 1 aromatic rings. The first kappa shape index (κ1) is 15.2. The molecule has 7 heteroatoms. The highest BCUT2D eigenvalue weighted by Gasteiger charge is 2.15. The van der Waals surface area contributed by atoms with E-state index in [0.717, 1.165) is 0 Å². The van der Waals surface area contributed by atoms with Crippen molar-refractivity contribution in [3.63, 3.8) is 0 Å². The third-order valence-corrected chi connectivity index (χ3v) is 2.27. The average Bonchev–Trinajstić information content (AvgIpc) is 2.34. The molecule has 0 radical (unpaired) electrons. The zero-order valence-electron chi connectivity index (χ0n) is 11.5. The van der Waals surface area contributed by atoms with Gasteiger partial charge < -0.3 is 15.4 Å². The molecule has 7 nitrogen and oxygen atoms in total. The first-order valence-corrected chi connectivity index (χ1v) is 6.29. The zero-order chi connectivity index (χ0) is 14.3. The molecule has 0 spiro atoms. The summed E-state index contributed by atoms with van der Waals surface area (Å²) in [5, 5.41) is 16.9. The summed E-state index contributed by atoms with van der Waals surface area (Å²) in [6.07, 6.45) is 0.137. The van der Waals surface area contributed by atoms with Gasteiger partial charge in [0.15, 0.2) is 0 Å². The lowest BCUT2D eigenvalue weighted by Crippen LogP contribution is -2.15. The second-order valence-corrected chi connectivity index (χ2v) is 4.20. The van der Waals surface area contributed by atoms with Crippen LogP contribution in [0.5, 0.6) is 0 Å². The molecule has 1 rings (SSSR count). The van der Waals surface area contributed by atoms with E-state index in [1.165, 1.54) is 6.07 Å². The number of anilines is 2. The van der Waals surface area contributed by atoms with Gasteiger partial charge in [-0.25, -0.2) is 4.98 Å². The van der Waals surface area contributed by atoms with Gasteiger partial charge >= 0.3 is 5.69 Å². The maximum Gasteiger partial charge on any atom is 0.311 e. The topological polar surface area (TPSA) is 89.3 Å². The number of rotatable bonds is 8. The van der Waals surface area contributed by atoms with E-state index in [0.29, 0.717) is 25.5 Å². The fourth-order valence-electron chi connectivity index (χ4n) is 1.47. The minimum atomic E-state index is -0.450. The van der Waals surface area contributed by atoms with Gasteiger partial charge in [-0.15, -0.1) is 0 Å². The summed E-state index contributed by atoms with van der Waals surface area (Å²) < 4.78 is 5.37. The van der Waals surface area contributed by atoms with Gasteiger partial charge in [0.1, 0.15) is 5.82 Å². The molecule has 0 saturated carbocycles. The van der Waals surface area contributed by atoms with Crippen molar-refractivity contribution >= 4 is 17.3 Å². The van der Waals surface area contributed by atoms with Crippen molar-refractivity contribution in [2.24, 2.45) is 0 Å². The van der Waals surface area contributed by atoms with Crippen molar-refractivity contribution in [3.05, 3.63) is 22.2 Å². The summed E-state index contributed by atoms with van der Waals surface area (Å²) in [7, 11) is 0. The quantitative estimate of drug-likeness (QED) is 0.427. The smallest absolute Gasteiger partial charge is 0.311 e. The summed E-state index contributed by atoms with van der Waals surface area (Å²) in [5.41, 5.74) is -0.0359. The molecular formula is C12H20N4O3. The number of hydrogen-bond donors (Lipinski definition) is 2. The lowest BCUT2D eigenvalue weighted by atomic mass is 10.3. The first-order chi connectivity index (χ1) is 9.04. The van der Waals surface area contributed by atoms with E-state index < -0.39 is 4.92 Å². The Kier molecular flexibility index (Phi) is 6.01. The second kappa shape index (κ2) is 7.52. The van der Waals surface area contributed by atoms with E-state index in [1.807, 2.05) is 20.8 Å². The maximum absolute atomic E-state index is 10.9. The van der Waals surface area contributed by atoms with Crippen molar-refractivity contribution in [3.8, 4) is 0 Å². The minimum Gasteiger partial charge on any atom is -0.377 e. The number of ether oxygens (including phenoxy) is 1. The monoisotopic (exact) mass is 268 g/mol. The van der Waals surface area contributed by atoms with E-state index in [-0.39, 0.29) is 17.6 Å². The molecule has 0 fully saturated rings. The van der Waals surface area contributed by atoms with Gasteiger partial charge in [0.05, 0.1) is 17.6 Å². The fourth-order valence-corrected chi connectivity index (χ4v) is 1.47. The Morgan fingerprint density at radius 2 is 2.16 bits per heavy atom. The molecule has 0 aliphatic carbocycles. The molecule has 2 N–H and O–H groups in total. The Hall–Kier alpha value is -1.89. The average molecular weight is 268 g/mol. The van der Waals surface area contributed by atoms with Crippen molar-refractivity contribution in [2.45, 2.75) is 26.9 Å². The molecule has 1 aromatic heterocycles. The second-order valence-electron chi connectivity index (χ2n) is 4.20. The molecular weight excluding hydrogens is 248 g/mol. The van der Waals surface area contributed by atoms with Crippen LogP contribution in [0, 0.1) is 10.1 Å². The number of nitrogens with one attached hydrogen (secondary N) is 2. The van der Waals surface area contributed by atoms with Gasteiger partial charge in [-0.3, -0.25) is 10.1 Å². The predicted molar refractivity (Wildman–Crippen MR) is 74.6 cm³/mol. The van der Waals surface area contributed by atoms with Crippen LogP contribution in [0.3, 0.4) is 0 Å². The third-order valence-electron chi connectivity index (χ3n) is 2.27. The Morgan fingerprint density at radius 3 is 2.74 bits per heavy atom. The lowest BCUT2D eigenvalue weighted by molar-refractivity contribution is -0.384. The number of aromatic nitrogens is 1. The van der Waals surface area contributed by atoms with Gasteiger partial charge in [0, 0.05) is 19.2 Å². The maximum atomic E-state index is 10.9. The molecule has 0 unspecified atom stereocenters. The Balaban J connectivity index is 2.71. The number of nitrogens with zero attached hydrogens (tertiary/aromatic N) is 2. The van der Waals surface area contributed by atoms with Crippen LogP contribution in [0.1, 0.15) is 20.8 Å². The minimum absolute atomic E-state index is 0.0359. The van der Waals surface area contributed by atoms with E-state index in [9.17, 15) is 10.1 Å². The van der Waals surface area contributed by atoms with E-state index in [1.54, 1.807) is 6.07 Å². The van der Waals surface area contributed by atoms with Crippen molar-refractivity contribution < 1.29 is 9.66 Å². The van der Waals surface area contributed by atoms with E-state index in [4.69, 9.17) is 4.74 Å². The fraction of sp³-hybridized carbons (Fsp3) is 0.583. The Bertz CT molecular complexity index is 423. The van der Waals surface area contributed by atoms with Crippen LogP contribution in [-0.4, -0.2) is 35.7 Å². The Labute approximate surface area is 112 Å². The van der Waals surface area contributed by atoms with Crippen LogP contribution in [-0.2, 0) is 4.74 Å². The summed E-state index contributed by atoms with van der Waals surface area (Å²) in [6.45, 7) is 7.47. The van der Waals surface area contributed by atoms with Crippen LogP contribution in [0.4, 0.5) is 17.3 Å². The van der Waals surface area contributed by atoms with Gasteiger partial charge in [-0.2, -0.15) is 0 Å². The standard InChI is InChI=1S/C12H20N4O3/c1-4-13-11-6-5-10(16(17)18)12(15-11)14-7-8-19-9(2)3/h5-6,9H,4,7-8H2,1-3H3,(H2,13,14,15). The predicted octanol–water partition coefficient (Wildman–Crippen LogP) is 2.26. The van der Waals surface area contributed by atoms with E-state index in [2.05, 4.69) is 15.6 Å². The summed E-state index contributed by atoms with van der Waals surface area (Å²) in [5.74, 6) is 0.871. The van der Waals surface area contributed by atoms with Crippen LogP contribution in [0.25, 0.3) is 0 Å². The molecule has 0 amide bonds. The molecule has 0 atom stereocenters. The van der Waals surface area contributed by atoms with Crippen LogP contribution in [0.2, 0.25) is 0 Å². The van der Waals surface area contributed by atoms with Gasteiger partial charge in [0.25, 0.3) is 0 Å². The highest BCUT2D eigenvalue weighted by molar-refractivity contribution is 5.60. The molecule has 0 saturated heterocycles. The van der Waals surface area contributed by atoms with Crippen LogP contribution in [0.15, 0.2) is 12.1 Å². The third kappa shape index (κ3) is 5.09.